The molecule has 0 bridgehead atoms. The van der Waals surface area contributed by atoms with Gasteiger partial charge in [-0.25, -0.2) is 0 Å². The third-order valence-electron chi connectivity index (χ3n) is 4.75. The molecule has 0 saturated carbocycles. The van der Waals surface area contributed by atoms with Crippen molar-refractivity contribution in [3.05, 3.63) is 53.3 Å². The summed E-state index contributed by atoms with van der Waals surface area (Å²) in [6.45, 7) is 3.96. The Balaban J connectivity index is 1.63. The maximum atomic E-state index is 12.8. The highest BCUT2D eigenvalue weighted by Crippen LogP contribution is 2.31. The van der Waals surface area contributed by atoms with E-state index in [1.165, 1.54) is 18.4 Å². The van der Waals surface area contributed by atoms with E-state index < -0.39 is 0 Å². The van der Waals surface area contributed by atoms with Crippen molar-refractivity contribution in [1.82, 2.24) is 19.8 Å². The Bertz CT molecular complexity index is 1230. The van der Waals surface area contributed by atoms with Gasteiger partial charge in [-0.15, -0.1) is 10.2 Å². The highest BCUT2D eigenvalue weighted by Gasteiger charge is 2.15. The molecule has 9 heteroatoms. The van der Waals surface area contributed by atoms with Crippen LogP contribution >= 0.6 is 11.3 Å². The number of benzene rings is 2. The van der Waals surface area contributed by atoms with Gasteiger partial charge >= 0.3 is 0 Å². The summed E-state index contributed by atoms with van der Waals surface area (Å²) in [6, 6.07) is 10.9. The van der Waals surface area contributed by atoms with E-state index in [9.17, 15) is 4.79 Å². The number of hydrogen-bond donors (Lipinski definition) is 1. The zero-order valence-corrected chi connectivity index (χ0v) is 17.9. The molecule has 2 aromatic carbocycles. The highest BCUT2D eigenvalue weighted by molar-refractivity contribution is 7.19. The Morgan fingerprint density at radius 1 is 1.10 bits per heavy atom. The van der Waals surface area contributed by atoms with Gasteiger partial charge in [-0.1, -0.05) is 30.4 Å². The molecule has 2 aromatic heterocycles. The molecule has 1 amide bonds. The van der Waals surface area contributed by atoms with Gasteiger partial charge in [0.15, 0.2) is 17.3 Å². The van der Waals surface area contributed by atoms with Crippen molar-refractivity contribution in [2.75, 3.05) is 19.5 Å². The Kier molecular flexibility index (Phi) is 5.37. The van der Waals surface area contributed by atoms with Crippen molar-refractivity contribution in [2.24, 2.45) is 0 Å². The first-order valence-electron chi connectivity index (χ1n) is 9.39. The Hall–Kier alpha value is -3.46. The average Bonchev–Trinajstić information content (AvgIpc) is 3.35. The number of fused-ring (bicyclic) bond motifs is 1. The van der Waals surface area contributed by atoms with E-state index >= 15 is 0 Å². The second kappa shape index (κ2) is 8.11. The topological polar surface area (TPSA) is 90.6 Å². The van der Waals surface area contributed by atoms with Crippen LogP contribution in [-0.2, 0) is 6.42 Å². The number of anilines is 1. The second-order valence-electron chi connectivity index (χ2n) is 6.62. The molecule has 4 aromatic rings. The summed E-state index contributed by atoms with van der Waals surface area (Å²) in [7, 11) is 3.10. The summed E-state index contributed by atoms with van der Waals surface area (Å²) in [5.41, 5.74) is 3.04. The van der Waals surface area contributed by atoms with Gasteiger partial charge < -0.3 is 14.8 Å². The van der Waals surface area contributed by atoms with Crippen LogP contribution in [0, 0.1) is 6.92 Å². The van der Waals surface area contributed by atoms with Crippen LogP contribution in [0.2, 0.25) is 0 Å². The van der Waals surface area contributed by atoms with Gasteiger partial charge in [-0.05, 0) is 36.8 Å². The van der Waals surface area contributed by atoms with Crippen LogP contribution in [0.15, 0.2) is 36.4 Å². The van der Waals surface area contributed by atoms with Gasteiger partial charge in [0.2, 0.25) is 4.96 Å². The molecule has 2 heterocycles. The van der Waals surface area contributed by atoms with Crippen LogP contribution in [-0.4, -0.2) is 39.9 Å². The molecule has 0 aliphatic carbocycles. The molecule has 0 aliphatic rings. The molecule has 0 fully saturated rings. The van der Waals surface area contributed by atoms with Crippen molar-refractivity contribution in [2.45, 2.75) is 20.3 Å². The minimum absolute atomic E-state index is 0.234. The van der Waals surface area contributed by atoms with E-state index in [0.717, 1.165) is 33.3 Å². The fourth-order valence-corrected chi connectivity index (χ4v) is 3.91. The molecule has 0 spiro atoms. The minimum Gasteiger partial charge on any atom is -0.493 e. The molecular formula is C21H21N5O3S. The number of hydrogen-bond acceptors (Lipinski definition) is 7. The zero-order valence-electron chi connectivity index (χ0n) is 17.1. The maximum absolute atomic E-state index is 12.8. The van der Waals surface area contributed by atoms with Crippen LogP contribution < -0.4 is 14.8 Å². The number of nitrogens with one attached hydrogen (secondary N) is 1. The number of methoxy groups -OCH3 is 2. The van der Waals surface area contributed by atoms with Gasteiger partial charge in [-0.3, -0.25) is 4.79 Å². The van der Waals surface area contributed by atoms with Crippen molar-refractivity contribution in [3.63, 3.8) is 0 Å². The first-order valence-corrected chi connectivity index (χ1v) is 10.2. The zero-order chi connectivity index (χ0) is 21.3. The largest absolute Gasteiger partial charge is 0.493 e. The Morgan fingerprint density at radius 2 is 1.90 bits per heavy atom. The average molecular weight is 423 g/mol. The van der Waals surface area contributed by atoms with Crippen molar-refractivity contribution < 1.29 is 14.3 Å². The van der Waals surface area contributed by atoms with E-state index in [-0.39, 0.29) is 5.91 Å². The number of ether oxygens (including phenoxy) is 2. The van der Waals surface area contributed by atoms with Crippen molar-refractivity contribution in [3.8, 4) is 22.1 Å². The quantitative estimate of drug-likeness (QED) is 0.504. The second-order valence-corrected chi connectivity index (χ2v) is 7.58. The SMILES string of the molecule is CCc1nnc2sc(-c3ccc(C)c(NC(=O)c4ccc(OC)c(OC)c4)c3)nn12. The minimum atomic E-state index is -0.234. The van der Waals surface area contributed by atoms with E-state index in [2.05, 4.69) is 20.6 Å². The monoisotopic (exact) mass is 423 g/mol. The van der Waals surface area contributed by atoms with Gasteiger partial charge in [0.1, 0.15) is 5.01 Å². The third kappa shape index (κ3) is 3.59. The molecular weight excluding hydrogens is 402 g/mol. The van der Waals surface area contributed by atoms with Gasteiger partial charge in [0.05, 0.1) is 14.2 Å². The molecule has 0 unspecified atom stereocenters. The van der Waals surface area contributed by atoms with Crippen LogP contribution in [0.3, 0.4) is 0 Å². The normalized spacial score (nSPS) is 10.9. The molecule has 4 rings (SSSR count). The summed E-state index contributed by atoms with van der Waals surface area (Å²) in [4.78, 5) is 13.6. The highest BCUT2D eigenvalue weighted by atomic mass is 32.1. The fraction of sp³-hybridized carbons (Fsp3) is 0.238. The summed E-state index contributed by atoms with van der Waals surface area (Å²) in [5.74, 6) is 1.66. The number of rotatable bonds is 6. The lowest BCUT2D eigenvalue weighted by Crippen LogP contribution is -2.13. The van der Waals surface area contributed by atoms with Crippen LogP contribution in [0.4, 0.5) is 5.69 Å². The van der Waals surface area contributed by atoms with Crippen LogP contribution in [0.5, 0.6) is 11.5 Å². The van der Waals surface area contributed by atoms with Crippen molar-refractivity contribution >= 4 is 27.9 Å². The Morgan fingerprint density at radius 3 is 2.63 bits per heavy atom. The molecule has 0 atom stereocenters. The number of carbonyl (C=O) groups excluding carboxylic acids is 1. The Labute approximate surface area is 177 Å². The van der Waals surface area contributed by atoms with E-state index in [0.29, 0.717) is 22.7 Å². The van der Waals surface area contributed by atoms with Gasteiger partial charge in [-0.2, -0.15) is 9.61 Å². The number of amides is 1. The standard InChI is InChI=1S/C21H21N5O3S/c1-5-18-23-24-21-26(18)25-20(30-21)14-7-6-12(2)15(10-14)22-19(27)13-8-9-16(28-3)17(11-13)29-4/h6-11H,5H2,1-4H3,(H,22,27). The lowest BCUT2D eigenvalue weighted by molar-refractivity contribution is 0.102. The summed E-state index contributed by atoms with van der Waals surface area (Å²) in [6.07, 6.45) is 0.755. The first kappa shape index (κ1) is 19.8. The third-order valence-corrected chi connectivity index (χ3v) is 5.70. The first-order chi connectivity index (χ1) is 14.5. The smallest absolute Gasteiger partial charge is 0.255 e. The molecule has 8 nitrogen and oxygen atoms in total. The van der Waals surface area contributed by atoms with Crippen molar-refractivity contribution in [1.29, 1.82) is 0 Å². The van der Waals surface area contributed by atoms with E-state index in [4.69, 9.17) is 9.47 Å². The van der Waals surface area contributed by atoms with E-state index in [1.807, 2.05) is 32.0 Å². The lowest BCUT2D eigenvalue weighted by atomic mass is 10.1. The number of aryl methyl sites for hydroxylation is 2. The number of aromatic nitrogens is 4. The van der Waals surface area contributed by atoms with Crippen LogP contribution in [0.1, 0.15) is 28.7 Å². The summed E-state index contributed by atoms with van der Waals surface area (Å²) in [5, 5.41) is 16.7. The summed E-state index contributed by atoms with van der Waals surface area (Å²) < 4.78 is 12.3. The predicted molar refractivity (Wildman–Crippen MR) is 116 cm³/mol. The fourth-order valence-electron chi connectivity index (χ4n) is 3.06. The molecule has 0 saturated heterocycles. The molecule has 0 aliphatic heterocycles. The number of carbonyl (C=O) groups is 1. The van der Waals surface area contributed by atoms with Crippen LogP contribution in [0.25, 0.3) is 15.5 Å². The van der Waals surface area contributed by atoms with Gasteiger partial charge in [0, 0.05) is 23.2 Å². The molecule has 30 heavy (non-hydrogen) atoms. The molecule has 1 N–H and O–H groups in total. The predicted octanol–water partition coefficient (Wildman–Crippen LogP) is 3.99. The van der Waals surface area contributed by atoms with E-state index in [1.54, 1.807) is 29.8 Å². The molecule has 0 radical (unpaired) electrons. The lowest BCUT2D eigenvalue weighted by Gasteiger charge is -2.12. The summed E-state index contributed by atoms with van der Waals surface area (Å²) >= 11 is 1.46. The number of nitrogens with zero attached hydrogens (tertiary/aromatic N) is 4. The van der Waals surface area contributed by atoms with Gasteiger partial charge in [0.25, 0.3) is 5.91 Å². The molecule has 154 valence electrons. The maximum Gasteiger partial charge on any atom is 0.255 e.